The van der Waals surface area contributed by atoms with Crippen LogP contribution in [0.2, 0.25) is 0 Å². The van der Waals surface area contributed by atoms with E-state index in [1.54, 1.807) is 0 Å². The fourth-order valence-corrected chi connectivity index (χ4v) is 9.13. The van der Waals surface area contributed by atoms with Gasteiger partial charge >= 0.3 is 0 Å². The molecular weight excluding hydrogens is 661 g/mol. The van der Waals surface area contributed by atoms with Gasteiger partial charge in [-0.1, -0.05) is 137 Å². The van der Waals surface area contributed by atoms with Crippen molar-refractivity contribution in [2.24, 2.45) is 0 Å². The lowest BCUT2D eigenvalue weighted by atomic mass is 9.97. The van der Waals surface area contributed by atoms with Crippen LogP contribution in [-0.2, 0) is 0 Å². The molecule has 0 radical (unpaired) electrons. The van der Waals surface area contributed by atoms with E-state index in [4.69, 9.17) is 0 Å². The summed E-state index contributed by atoms with van der Waals surface area (Å²) in [6.07, 6.45) is 0. The lowest BCUT2D eigenvalue weighted by molar-refractivity contribution is 0.866. The van der Waals surface area contributed by atoms with Gasteiger partial charge in [-0.3, -0.25) is 0 Å². The van der Waals surface area contributed by atoms with Gasteiger partial charge in [0.05, 0.1) is 20.8 Å². The Bertz CT molecular complexity index is 2520. The van der Waals surface area contributed by atoms with Gasteiger partial charge in [-0.2, -0.15) is 0 Å². The molecule has 53 heavy (non-hydrogen) atoms. The molecule has 0 bridgehead atoms. The highest BCUT2D eigenvalue weighted by atomic mass is 32.1. The number of nitrogens with zero attached hydrogens (tertiary/aromatic N) is 2. The Morgan fingerprint density at radius 2 is 0.717 bits per heavy atom. The lowest BCUT2D eigenvalue weighted by Gasteiger charge is -2.27. The maximum absolute atomic E-state index is 2.45. The van der Waals surface area contributed by atoms with Crippen molar-refractivity contribution in [3.05, 3.63) is 181 Å². The summed E-state index contributed by atoms with van der Waals surface area (Å²) < 4.78 is 2.55. The highest BCUT2D eigenvalue weighted by Gasteiger charge is 2.25. The number of thiophene rings is 1. The monoisotopic (exact) mass is 702 g/mol. The zero-order valence-corrected chi connectivity index (χ0v) is 31.4. The van der Waals surface area contributed by atoms with Gasteiger partial charge in [0, 0.05) is 33.5 Å². The number of para-hydroxylation sites is 2. The van der Waals surface area contributed by atoms with Gasteiger partial charge in [0.25, 0.3) is 0 Å². The van der Waals surface area contributed by atoms with E-state index in [-0.39, 0.29) is 0 Å². The average Bonchev–Trinajstić information content (AvgIpc) is 3.61. The molecule has 0 unspecified atom stereocenters. The largest absolute Gasteiger partial charge is 0.309 e. The Morgan fingerprint density at radius 3 is 1.09 bits per heavy atom. The summed E-state index contributed by atoms with van der Waals surface area (Å²) in [5.74, 6) is 0.926. The number of rotatable bonds is 8. The van der Waals surface area contributed by atoms with Crippen LogP contribution in [0.25, 0.3) is 41.7 Å². The highest BCUT2D eigenvalue weighted by Crippen LogP contribution is 2.53. The fourth-order valence-electron chi connectivity index (χ4n) is 7.79. The predicted molar refractivity (Wildman–Crippen MR) is 232 cm³/mol. The molecule has 258 valence electrons. The lowest BCUT2D eigenvalue weighted by Crippen LogP contribution is -2.10. The first-order valence-corrected chi connectivity index (χ1v) is 19.5. The van der Waals surface area contributed by atoms with Crippen LogP contribution in [0.3, 0.4) is 0 Å². The molecule has 9 aromatic rings. The second kappa shape index (κ2) is 13.6. The van der Waals surface area contributed by atoms with Gasteiger partial charge in [0.15, 0.2) is 0 Å². The zero-order chi connectivity index (χ0) is 36.1. The van der Waals surface area contributed by atoms with Crippen molar-refractivity contribution in [2.75, 3.05) is 9.80 Å². The third-order valence-corrected chi connectivity index (χ3v) is 11.8. The first-order valence-electron chi connectivity index (χ1n) is 18.7. The van der Waals surface area contributed by atoms with E-state index >= 15 is 0 Å². The first-order chi connectivity index (χ1) is 26.0. The Kier molecular flexibility index (Phi) is 8.45. The number of anilines is 6. The maximum Gasteiger partial charge on any atom is 0.0646 e. The van der Waals surface area contributed by atoms with E-state index in [0.29, 0.717) is 11.8 Å². The molecule has 0 aliphatic carbocycles. The summed E-state index contributed by atoms with van der Waals surface area (Å²) in [5, 5.41) is 7.62. The minimum absolute atomic E-state index is 0.463. The minimum Gasteiger partial charge on any atom is -0.309 e. The SMILES string of the molecule is CC(C)c1ccc(N(c2ccccc2)c2cc3ccccc3c3c2sc2c(N(c4ccccc4)c4ccc(C(C)C)cc4)cc4ccccc4c23)cc1. The van der Waals surface area contributed by atoms with Gasteiger partial charge in [-0.25, -0.2) is 0 Å². The molecule has 1 aromatic heterocycles. The molecule has 1 heterocycles. The van der Waals surface area contributed by atoms with Crippen LogP contribution in [0.4, 0.5) is 34.1 Å². The van der Waals surface area contributed by atoms with Crippen molar-refractivity contribution in [3.8, 4) is 0 Å². The van der Waals surface area contributed by atoms with Crippen LogP contribution in [0.15, 0.2) is 170 Å². The van der Waals surface area contributed by atoms with Gasteiger partial charge in [0.2, 0.25) is 0 Å². The van der Waals surface area contributed by atoms with Crippen LogP contribution >= 0.6 is 11.3 Å². The van der Waals surface area contributed by atoms with E-state index in [0.717, 1.165) is 22.7 Å². The quantitative estimate of drug-likeness (QED) is 0.156. The molecule has 2 nitrogen and oxygen atoms in total. The van der Waals surface area contributed by atoms with E-state index in [2.05, 4.69) is 207 Å². The molecule has 8 aromatic carbocycles. The van der Waals surface area contributed by atoms with Gasteiger partial charge in [-0.15, -0.1) is 11.3 Å². The van der Waals surface area contributed by atoms with Gasteiger partial charge in [0.1, 0.15) is 0 Å². The second-order valence-electron chi connectivity index (χ2n) is 14.6. The molecule has 0 fully saturated rings. The number of hydrogen-bond acceptors (Lipinski definition) is 3. The van der Waals surface area contributed by atoms with Crippen LogP contribution in [0.1, 0.15) is 50.7 Å². The van der Waals surface area contributed by atoms with Crippen LogP contribution in [-0.4, -0.2) is 0 Å². The second-order valence-corrected chi connectivity index (χ2v) is 15.6. The molecule has 0 N–H and O–H groups in total. The van der Waals surface area contributed by atoms with Crippen molar-refractivity contribution in [1.82, 2.24) is 0 Å². The number of benzene rings is 8. The molecule has 0 saturated carbocycles. The summed E-state index contributed by atoms with van der Waals surface area (Å²) in [4.78, 5) is 4.91. The number of hydrogen-bond donors (Lipinski definition) is 0. The average molecular weight is 703 g/mol. The standard InChI is InChI=1S/C50H42N2S/c1-33(2)35-23-27-41(28-24-35)51(39-17-7-5-8-18-39)45-31-37-15-11-13-21-43(37)47-48-44-22-14-12-16-38(44)32-46(50(48)53-49(45)47)52(40-19-9-6-10-20-40)42-29-25-36(26-30-42)34(3)4/h5-34H,1-4H3. The smallest absolute Gasteiger partial charge is 0.0646 e. The van der Waals surface area contributed by atoms with E-state index < -0.39 is 0 Å². The molecule has 0 atom stereocenters. The molecule has 9 rings (SSSR count). The van der Waals surface area contributed by atoms with Crippen molar-refractivity contribution < 1.29 is 0 Å². The predicted octanol–water partition coefficient (Wildman–Crippen LogP) is 15.5. The third-order valence-electron chi connectivity index (χ3n) is 10.6. The van der Waals surface area contributed by atoms with Gasteiger partial charge in [-0.05, 0) is 105 Å². The van der Waals surface area contributed by atoms with E-state index in [1.807, 2.05) is 11.3 Å². The normalized spacial score (nSPS) is 11.7. The van der Waals surface area contributed by atoms with Crippen LogP contribution in [0.5, 0.6) is 0 Å². The maximum atomic E-state index is 2.45. The minimum atomic E-state index is 0.463. The Balaban J connectivity index is 1.41. The summed E-state index contributed by atoms with van der Waals surface area (Å²) >= 11 is 1.91. The van der Waals surface area contributed by atoms with Crippen LogP contribution < -0.4 is 9.80 Å². The van der Waals surface area contributed by atoms with Gasteiger partial charge < -0.3 is 9.80 Å². The summed E-state index contributed by atoms with van der Waals surface area (Å²) in [6, 6.07) is 62.6. The van der Waals surface area contributed by atoms with E-state index in [1.165, 1.54) is 64.2 Å². The molecule has 0 amide bonds. The van der Waals surface area contributed by atoms with Crippen molar-refractivity contribution >= 4 is 87.2 Å². The Hall–Kier alpha value is -5.90. The molecule has 0 aliphatic heterocycles. The van der Waals surface area contributed by atoms with Crippen LogP contribution in [0, 0.1) is 0 Å². The summed E-state index contributed by atoms with van der Waals surface area (Å²) in [6.45, 7) is 9.03. The molecule has 0 aliphatic rings. The highest BCUT2D eigenvalue weighted by molar-refractivity contribution is 7.27. The van der Waals surface area contributed by atoms with E-state index in [9.17, 15) is 0 Å². The Morgan fingerprint density at radius 1 is 0.377 bits per heavy atom. The molecule has 3 heteroatoms. The molecular formula is C50H42N2S. The fraction of sp³-hybridized carbons (Fsp3) is 0.120. The van der Waals surface area contributed by atoms with Crippen molar-refractivity contribution in [1.29, 1.82) is 0 Å². The third kappa shape index (κ3) is 5.82. The first kappa shape index (κ1) is 33.0. The molecule has 0 saturated heterocycles. The number of fused-ring (bicyclic) bond motifs is 7. The zero-order valence-electron chi connectivity index (χ0n) is 30.6. The summed E-state index contributed by atoms with van der Waals surface area (Å²) in [5.41, 5.74) is 9.63. The van der Waals surface area contributed by atoms with Crippen molar-refractivity contribution in [3.63, 3.8) is 0 Å². The Labute approximate surface area is 316 Å². The van der Waals surface area contributed by atoms with Crippen molar-refractivity contribution in [2.45, 2.75) is 39.5 Å². The summed E-state index contributed by atoms with van der Waals surface area (Å²) in [7, 11) is 0. The molecule has 0 spiro atoms. The topological polar surface area (TPSA) is 6.48 Å².